The Morgan fingerprint density at radius 2 is 1.83 bits per heavy atom. The van der Waals surface area contributed by atoms with E-state index < -0.39 is 0 Å². The van der Waals surface area contributed by atoms with Crippen molar-refractivity contribution in [2.45, 2.75) is 25.9 Å². The van der Waals surface area contributed by atoms with Crippen LogP contribution in [0.1, 0.15) is 34.7 Å². The Hall–Kier alpha value is -2.87. The summed E-state index contributed by atoms with van der Waals surface area (Å²) in [5, 5.41) is 4.68. The zero-order chi connectivity index (χ0) is 24.7. The summed E-state index contributed by atoms with van der Waals surface area (Å²) < 4.78 is 8.68. The highest BCUT2D eigenvalue weighted by Crippen LogP contribution is 2.45. The molecule has 3 heterocycles. The van der Waals surface area contributed by atoms with Gasteiger partial charge in [0.2, 0.25) is 0 Å². The van der Waals surface area contributed by atoms with E-state index in [0.717, 1.165) is 38.5 Å². The summed E-state index contributed by atoms with van der Waals surface area (Å²) in [4.78, 5) is 6.80. The second-order valence-corrected chi connectivity index (χ2v) is 10.1. The van der Waals surface area contributed by atoms with Gasteiger partial charge in [-0.05, 0) is 96.1 Å². The second kappa shape index (κ2) is 9.64. The van der Waals surface area contributed by atoms with Crippen LogP contribution in [0.3, 0.4) is 0 Å². The summed E-state index contributed by atoms with van der Waals surface area (Å²) in [6.07, 6.45) is 1.81. The van der Waals surface area contributed by atoms with Gasteiger partial charge in [-0.2, -0.15) is 0 Å². The molecule has 1 fully saturated rings. The first-order valence-electron chi connectivity index (χ1n) is 11.2. The fourth-order valence-corrected chi connectivity index (χ4v) is 5.90. The van der Waals surface area contributed by atoms with Gasteiger partial charge in [0.15, 0.2) is 5.11 Å². The predicted octanol–water partition coefficient (Wildman–Crippen LogP) is 7.09. The second-order valence-electron chi connectivity index (χ2n) is 8.43. The first-order valence-corrected chi connectivity index (χ1v) is 12.8. The van der Waals surface area contributed by atoms with Gasteiger partial charge in [-0.15, -0.1) is 0 Å². The fraction of sp³-hybridized carbons (Fsp3) is 0.185. The molecule has 2 aromatic heterocycles. The molecule has 4 aromatic rings. The van der Waals surface area contributed by atoms with Crippen molar-refractivity contribution < 1.29 is 4.74 Å². The Morgan fingerprint density at radius 3 is 2.51 bits per heavy atom. The molecule has 178 valence electrons. The lowest BCUT2D eigenvalue weighted by atomic mass is 9.96. The highest BCUT2D eigenvalue weighted by atomic mass is 79.9. The molecule has 1 aliphatic rings. The van der Waals surface area contributed by atoms with Gasteiger partial charge < -0.3 is 19.5 Å². The lowest BCUT2D eigenvalue weighted by Crippen LogP contribution is -2.29. The molecule has 0 amide bonds. The van der Waals surface area contributed by atoms with Crippen LogP contribution in [0.2, 0.25) is 5.02 Å². The van der Waals surface area contributed by atoms with Gasteiger partial charge >= 0.3 is 0 Å². The van der Waals surface area contributed by atoms with Crippen molar-refractivity contribution in [1.82, 2.24) is 14.9 Å². The zero-order valence-corrected chi connectivity index (χ0v) is 22.7. The van der Waals surface area contributed by atoms with E-state index in [1.807, 2.05) is 54.7 Å². The van der Waals surface area contributed by atoms with Crippen LogP contribution in [-0.2, 0) is 0 Å². The number of para-hydroxylation sites is 1. The molecule has 2 atom stereocenters. The normalized spacial score (nSPS) is 17.5. The lowest BCUT2D eigenvalue weighted by molar-refractivity contribution is 0.415. The van der Waals surface area contributed by atoms with E-state index >= 15 is 0 Å². The summed E-state index contributed by atoms with van der Waals surface area (Å²) >= 11 is 16.1. The van der Waals surface area contributed by atoms with Crippen molar-refractivity contribution in [3.05, 3.63) is 105 Å². The molecule has 1 aliphatic heterocycles. The summed E-state index contributed by atoms with van der Waals surface area (Å²) in [6, 6.07) is 21.9. The third-order valence-electron chi connectivity index (χ3n) is 6.39. The third-order valence-corrected chi connectivity index (χ3v) is 7.67. The van der Waals surface area contributed by atoms with Gasteiger partial charge in [-0.1, -0.05) is 29.8 Å². The van der Waals surface area contributed by atoms with Crippen molar-refractivity contribution in [2.24, 2.45) is 0 Å². The van der Waals surface area contributed by atoms with E-state index in [1.165, 1.54) is 0 Å². The number of hydrogen-bond acceptors (Lipinski definition) is 3. The molecule has 35 heavy (non-hydrogen) atoms. The smallest absolute Gasteiger partial charge is 0.174 e. The van der Waals surface area contributed by atoms with Crippen molar-refractivity contribution in [3.63, 3.8) is 0 Å². The van der Waals surface area contributed by atoms with Crippen LogP contribution in [-0.4, -0.2) is 21.8 Å². The Morgan fingerprint density at radius 1 is 1.06 bits per heavy atom. The van der Waals surface area contributed by atoms with Gasteiger partial charge in [0, 0.05) is 27.7 Å². The Balaban J connectivity index is 1.69. The van der Waals surface area contributed by atoms with Gasteiger partial charge in [0.05, 0.1) is 35.6 Å². The van der Waals surface area contributed by atoms with Crippen molar-refractivity contribution >= 4 is 50.5 Å². The van der Waals surface area contributed by atoms with Gasteiger partial charge in [-0.25, -0.2) is 0 Å². The number of nitrogens with one attached hydrogen (secondary N) is 1. The molecule has 0 aliphatic carbocycles. The Kier molecular flexibility index (Phi) is 6.57. The minimum Gasteiger partial charge on any atom is -0.495 e. The number of ether oxygens (including phenoxy) is 1. The Labute approximate surface area is 223 Å². The van der Waals surface area contributed by atoms with Crippen molar-refractivity contribution in [1.29, 1.82) is 0 Å². The predicted molar refractivity (Wildman–Crippen MR) is 149 cm³/mol. The minimum atomic E-state index is -0.141. The molecule has 5 rings (SSSR count). The molecule has 2 aromatic carbocycles. The van der Waals surface area contributed by atoms with E-state index in [0.29, 0.717) is 15.9 Å². The number of halogens is 2. The van der Waals surface area contributed by atoms with Gasteiger partial charge in [0.1, 0.15) is 5.75 Å². The van der Waals surface area contributed by atoms with E-state index in [-0.39, 0.29) is 12.1 Å². The summed E-state index contributed by atoms with van der Waals surface area (Å²) in [6.45, 7) is 4.28. The molecule has 1 N–H and O–H groups in total. The highest BCUT2D eigenvalue weighted by molar-refractivity contribution is 9.10. The van der Waals surface area contributed by atoms with E-state index in [2.05, 4.69) is 67.7 Å². The number of benzene rings is 2. The van der Waals surface area contributed by atoms with Gasteiger partial charge in [0.25, 0.3) is 0 Å². The van der Waals surface area contributed by atoms with E-state index in [9.17, 15) is 0 Å². The largest absolute Gasteiger partial charge is 0.495 e. The molecule has 0 unspecified atom stereocenters. The molecule has 8 heteroatoms. The number of aromatic nitrogens is 2. The average Bonchev–Trinajstić information content (AvgIpc) is 3.35. The summed E-state index contributed by atoms with van der Waals surface area (Å²) in [5.74, 6) is 0.624. The maximum atomic E-state index is 6.52. The van der Waals surface area contributed by atoms with Crippen molar-refractivity contribution in [3.8, 4) is 11.4 Å². The number of nitrogens with zero attached hydrogens (tertiary/aromatic N) is 3. The first kappa shape index (κ1) is 23.9. The SMILES string of the molecule is COc1ccc(N2C(=S)N[C@@H](c3ccccn3)[C@H]2c2cc(C)n(-c3ccccc3Br)c2C)cc1Cl. The number of anilines is 1. The zero-order valence-electron chi connectivity index (χ0n) is 19.5. The minimum absolute atomic E-state index is 0.135. The van der Waals surface area contributed by atoms with Crippen LogP contribution in [0, 0.1) is 13.8 Å². The standard InChI is InChI=1S/C27H24BrClN4OS/c1-16-14-19(17(2)32(16)23-10-5-4-8-20(23)28)26-25(22-9-6-7-13-30-22)31-27(35)33(26)18-11-12-24(34-3)21(29)15-18/h4-15,25-26H,1-3H3,(H,31,35)/t25-,26+/m0/s1. The number of aryl methyl sites for hydroxylation is 1. The Bertz CT molecular complexity index is 1410. The molecule has 5 nitrogen and oxygen atoms in total. The average molecular weight is 568 g/mol. The molecule has 0 spiro atoms. The summed E-state index contributed by atoms with van der Waals surface area (Å²) in [7, 11) is 1.61. The lowest BCUT2D eigenvalue weighted by Gasteiger charge is -2.28. The molecular formula is C27H24BrClN4OS. The van der Waals surface area contributed by atoms with Crippen LogP contribution in [0.25, 0.3) is 5.69 Å². The summed E-state index contributed by atoms with van der Waals surface area (Å²) in [5.41, 5.74) is 6.34. The number of pyridine rings is 1. The van der Waals surface area contributed by atoms with E-state index in [1.54, 1.807) is 7.11 Å². The maximum Gasteiger partial charge on any atom is 0.174 e. The van der Waals surface area contributed by atoms with Crippen molar-refractivity contribution in [2.75, 3.05) is 12.0 Å². The van der Waals surface area contributed by atoms with Crippen LogP contribution >= 0.6 is 39.7 Å². The van der Waals surface area contributed by atoms with Crippen LogP contribution < -0.4 is 15.0 Å². The van der Waals surface area contributed by atoms with Crippen LogP contribution in [0.4, 0.5) is 5.69 Å². The molecule has 0 radical (unpaired) electrons. The van der Waals surface area contributed by atoms with Crippen LogP contribution in [0.5, 0.6) is 5.75 Å². The number of methoxy groups -OCH3 is 1. The number of thiocarbonyl (C=S) groups is 1. The molecule has 0 bridgehead atoms. The quantitative estimate of drug-likeness (QED) is 0.261. The topological polar surface area (TPSA) is 42.3 Å². The number of hydrogen-bond donors (Lipinski definition) is 1. The van der Waals surface area contributed by atoms with Crippen LogP contribution in [0.15, 0.2) is 77.4 Å². The monoisotopic (exact) mass is 566 g/mol. The fourth-order valence-electron chi connectivity index (χ4n) is 4.84. The third kappa shape index (κ3) is 4.22. The molecular weight excluding hydrogens is 544 g/mol. The molecule has 1 saturated heterocycles. The van der Waals surface area contributed by atoms with E-state index in [4.69, 9.17) is 28.6 Å². The molecule has 0 saturated carbocycles. The first-order chi connectivity index (χ1) is 16.9. The van der Waals surface area contributed by atoms with Gasteiger partial charge in [-0.3, -0.25) is 4.98 Å². The number of rotatable bonds is 5. The highest BCUT2D eigenvalue weighted by Gasteiger charge is 2.42. The maximum absolute atomic E-state index is 6.52.